The molecule has 1 saturated carbocycles. The SMILES string of the molecule is COc1ccccc1C1CCN(c2nc(C3(F)CC3)nc3cc(F)c(N(C)CCO)cc23)CC1. The molecule has 1 aliphatic heterocycles. The summed E-state index contributed by atoms with van der Waals surface area (Å²) in [5.74, 6) is 1.62. The van der Waals surface area contributed by atoms with Gasteiger partial charge in [-0.25, -0.2) is 18.7 Å². The van der Waals surface area contributed by atoms with Crippen molar-refractivity contribution in [2.45, 2.75) is 37.3 Å². The number of para-hydroxylation sites is 1. The fourth-order valence-electron chi connectivity index (χ4n) is 4.87. The van der Waals surface area contributed by atoms with Crippen LogP contribution in [-0.4, -0.2) is 55.5 Å². The number of aromatic nitrogens is 2. The van der Waals surface area contributed by atoms with Gasteiger partial charge in [0.1, 0.15) is 17.4 Å². The number of anilines is 2. The lowest BCUT2D eigenvalue weighted by Gasteiger charge is -2.34. The number of benzene rings is 2. The van der Waals surface area contributed by atoms with Gasteiger partial charge in [-0.1, -0.05) is 18.2 Å². The van der Waals surface area contributed by atoms with E-state index in [4.69, 9.17) is 9.72 Å². The van der Waals surface area contributed by atoms with E-state index < -0.39 is 11.5 Å². The van der Waals surface area contributed by atoms with E-state index in [1.165, 1.54) is 11.6 Å². The molecule has 1 N–H and O–H groups in total. The fraction of sp³-hybridized carbons (Fsp3) is 0.462. The third-order valence-electron chi connectivity index (χ3n) is 7.05. The number of rotatable bonds is 7. The number of aliphatic hydroxyl groups is 1. The van der Waals surface area contributed by atoms with E-state index in [2.05, 4.69) is 16.0 Å². The number of methoxy groups -OCH3 is 1. The number of likely N-dealkylation sites (N-methyl/N-ethyl adjacent to an activating group) is 1. The standard InChI is InChI=1S/C26H30F2N4O2/c1-31(13-14-33)22-15-19-21(16-20(22)27)29-25(26(28)9-10-26)30-24(19)32-11-7-17(8-12-32)18-5-3-4-6-23(18)34-2/h3-6,15-17,33H,7-14H2,1-2H3. The number of aliphatic hydroxyl groups excluding tert-OH is 1. The van der Waals surface area contributed by atoms with Crippen LogP contribution >= 0.6 is 0 Å². The van der Waals surface area contributed by atoms with Crippen molar-refractivity contribution in [2.24, 2.45) is 0 Å². The molecular formula is C26H30F2N4O2. The second-order valence-corrected chi connectivity index (χ2v) is 9.31. The molecule has 8 heteroatoms. The van der Waals surface area contributed by atoms with Gasteiger partial charge < -0.3 is 19.6 Å². The van der Waals surface area contributed by atoms with Crippen LogP contribution in [0.1, 0.15) is 43.0 Å². The smallest absolute Gasteiger partial charge is 0.170 e. The quantitative estimate of drug-likeness (QED) is 0.549. The van der Waals surface area contributed by atoms with E-state index in [9.17, 15) is 13.9 Å². The Bertz CT molecular complexity index is 1190. The van der Waals surface area contributed by atoms with Gasteiger partial charge in [-0.15, -0.1) is 0 Å². The fourth-order valence-corrected chi connectivity index (χ4v) is 4.87. The first-order valence-corrected chi connectivity index (χ1v) is 11.8. The van der Waals surface area contributed by atoms with Gasteiger partial charge >= 0.3 is 0 Å². The van der Waals surface area contributed by atoms with Crippen LogP contribution in [0.3, 0.4) is 0 Å². The zero-order valence-electron chi connectivity index (χ0n) is 19.6. The third-order valence-corrected chi connectivity index (χ3v) is 7.05. The van der Waals surface area contributed by atoms with E-state index in [1.54, 1.807) is 25.1 Å². The minimum absolute atomic E-state index is 0.0862. The normalized spacial score (nSPS) is 17.7. The molecule has 2 heterocycles. The second-order valence-electron chi connectivity index (χ2n) is 9.31. The predicted octanol–water partition coefficient (Wildman–Crippen LogP) is 4.55. The maximum atomic E-state index is 15.0. The molecule has 2 fully saturated rings. The maximum Gasteiger partial charge on any atom is 0.170 e. The Kier molecular flexibility index (Phi) is 6.02. The Morgan fingerprint density at radius 3 is 2.59 bits per heavy atom. The van der Waals surface area contributed by atoms with Crippen molar-refractivity contribution < 1.29 is 18.6 Å². The number of fused-ring (bicyclic) bond motifs is 1. The first-order valence-electron chi connectivity index (χ1n) is 11.8. The van der Waals surface area contributed by atoms with Gasteiger partial charge in [0.05, 0.1) is 24.9 Å². The summed E-state index contributed by atoms with van der Waals surface area (Å²) in [6.45, 7) is 1.70. The van der Waals surface area contributed by atoms with Crippen molar-refractivity contribution in [1.82, 2.24) is 9.97 Å². The number of hydrogen-bond acceptors (Lipinski definition) is 6. The van der Waals surface area contributed by atoms with Crippen LogP contribution in [0.4, 0.5) is 20.3 Å². The highest BCUT2D eigenvalue weighted by atomic mass is 19.1. The molecule has 3 aromatic rings. The Hall–Kier alpha value is -3.00. The van der Waals surface area contributed by atoms with Crippen molar-refractivity contribution in [1.29, 1.82) is 0 Å². The Labute approximate surface area is 198 Å². The molecule has 1 aliphatic carbocycles. The predicted molar refractivity (Wildman–Crippen MR) is 129 cm³/mol. The monoisotopic (exact) mass is 468 g/mol. The Morgan fingerprint density at radius 1 is 1.18 bits per heavy atom. The summed E-state index contributed by atoms with van der Waals surface area (Å²) in [5.41, 5.74) is 0.467. The molecule has 5 rings (SSSR count). The number of halogens is 2. The molecule has 0 unspecified atom stereocenters. The lowest BCUT2D eigenvalue weighted by molar-refractivity contribution is 0.301. The summed E-state index contributed by atoms with van der Waals surface area (Å²) in [7, 11) is 3.42. The molecule has 2 aromatic carbocycles. The average Bonchev–Trinajstić information content (AvgIpc) is 3.61. The summed E-state index contributed by atoms with van der Waals surface area (Å²) >= 11 is 0. The zero-order chi connectivity index (χ0) is 23.9. The van der Waals surface area contributed by atoms with Crippen LogP contribution < -0.4 is 14.5 Å². The molecular weight excluding hydrogens is 438 g/mol. The van der Waals surface area contributed by atoms with Crippen LogP contribution in [-0.2, 0) is 5.67 Å². The number of ether oxygens (including phenoxy) is 1. The Balaban J connectivity index is 1.51. The summed E-state index contributed by atoms with van der Waals surface area (Å²) in [4.78, 5) is 12.9. The minimum Gasteiger partial charge on any atom is -0.496 e. The highest BCUT2D eigenvalue weighted by Gasteiger charge is 2.48. The van der Waals surface area contributed by atoms with Gasteiger partial charge in [0.25, 0.3) is 0 Å². The van der Waals surface area contributed by atoms with E-state index in [0.29, 0.717) is 47.7 Å². The van der Waals surface area contributed by atoms with Gasteiger partial charge in [0.2, 0.25) is 0 Å². The zero-order valence-corrected chi connectivity index (χ0v) is 19.6. The largest absolute Gasteiger partial charge is 0.496 e. The van der Waals surface area contributed by atoms with Crippen LogP contribution in [0.25, 0.3) is 10.9 Å². The minimum atomic E-state index is -1.51. The maximum absolute atomic E-state index is 15.0. The van der Waals surface area contributed by atoms with Crippen molar-refractivity contribution in [3.63, 3.8) is 0 Å². The van der Waals surface area contributed by atoms with E-state index in [-0.39, 0.29) is 12.4 Å². The molecule has 2 aliphatic rings. The highest BCUT2D eigenvalue weighted by molar-refractivity contribution is 5.92. The highest BCUT2D eigenvalue weighted by Crippen LogP contribution is 2.49. The van der Waals surface area contributed by atoms with E-state index >= 15 is 0 Å². The Morgan fingerprint density at radius 2 is 1.91 bits per heavy atom. The molecule has 0 spiro atoms. The third kappa shape index (κ3) is 4.15. The average molecular weight is 469 g/mol. The number of alkyl halides is 1. The summed E-state index contributed by atoms with van der Waals surface area (Å²) < 4.78 is 35.5. The first kappa shape index (κ1) is 22.8. The van der Waals surface area contributed by atoms with Crippen LogP contribution in [0, 0.1) is 5.82 Å². The number of piperidine rings is 1. The van der Waals surface area contributed by atoms with Gasteiger partial charge in [-0.2, -0.15) is 0 Å². The molecule has 6 nitrogen and oxygen atoms in total. The van der Waals surface area contributed by atoms with Gasteiger partial charge in [-0.3, -0.25) is 0 Å². The number of nitrogens with zero attached hydrogens (tertiary/aromatic N) is 4. The van der Waals surface area contributed by atoms with Crippen molar-refractivity contribution in [2.75, 3.05) is 50.2 Å². The van der Waals surface area contributed by atoms with Crippen molar-refractivity contribution in [3.8, 4) is 5.75 Å². The summed E-state index contributed by atoms with van der Waals surface area (Å²) in [5, 5.41) is 10.0. The molecule has 0 radical (unpaired) electrons. The first-order chi connectivity index (χ1) is 16.4. The summed E-state index contributed by atoms with van der Waals surface area (Å²) in [6.07, 6.45) is 2.60. The number of hydrogen-bond donors (Lipinski definition) is 1. The molecule has 1 saturated heterocycles. The van der Waals surface area contributed by atoms with Crippen molar-refractivity contribution in [3.05, 3.63) is 53.6 Å². The second kappa shape index (κ2) is 8.98. The molecule has 0 amide bonds. The molecule has 1 aromatic heterocycles. The molecule has 0 atom stereocenters. The van der Waals surface area contributed by atoms with Gasteiger partial charge in [0, 0.05) is 38.1 Å². The van der Waals surface area contributed by atoms with E-state index in [1.807, 2.05) is 18.2 Å². The van der Waals surface area contributed by atoms with Gasteiger partial charge in [-0.05, 0) is 49.3 Å². The van der Waals surface area contributed by atoms with Crippen LogP contribution in [0.15, 0.2) is 36.4 Å². The summed E-state index contributed by atoms with van der Waals surface area (Å²) in [6, 6.07) is 11.2. The molecule has 34 heavy (non-hydrogen) atoms. The lowest BCUT2D eigenvalue weighted by atomic mass is 9.88. The van der Waals surface area contributed by atoms with E-state index in [0.717, 1.165) is 31.7 Å². The lowest BCUT2D eigenvalue weighted by Crippen LogP contribution is -2.34. The van der Waals surface area contributed by atoms with Crippen LogP contribution in [0.2, 0.25) is 0 Å². The molecule has 0 bridgehead atoms. The van der Waals surface area contributed by atoms with Crippen LogP contribution in [0.5, 0.6) is 5.75 Å². The van der Waals surface area contributed by atoms with Gasteiger partial charge in [0.15, 0.2) is 11.5 Å². The topological polar surface area (TPSA) is 61.7 Å². The molecule has 180 valence electrons. The van der Waals surface area contributed by atoms with Crippen molar-refractivity contribution >= 4 is 22.4 Å².